The highest BCUT2D eigenvalue weighted by molar-refractivity contribution is 5.50. The Morgan fingerprint density at radius 2 is 2.16 bits per heavy atom. The van der Waals surface area contributed by atoms with E-state index >= 15 is 0 Å². The monoisotopic (exact) mass is 265 g/mol. The van der Waals surface area contributed by atoms with Crippen LogP contribution in [0.5, 0.6) is 0 Å². The molecule has 0 spiro atoms. The lowest BCUT2D eigenvalue weighted by Crippen LogP contribution is -2.25. The van der Waals surface area contributed by atoms with Crippen LogP contribution in [0.1, 0.15) is 18.4 Å². The minimum atomic E-state index is -0.477. The molecule has 1 atom stereocenters. The van der Waals surface area contributed by atoms with Crippen molar-refractivity contribution >= 4 is 5.69 Å². The molecule has 0 amide bonds. The standard InChI is InChI=1S/C15H23NO3/c1-18-10-13-4-2-3-5-15(13)16-8-14(17)11-19-9-12-6-7-12/h2-5,12,14,16-17H,6-11H2,1H3. The van der Waals surface area contributed by atoms with Crippen LogP contribution in [0.4, 0.5) is 5.69 Å². The molecular formula is C15H23NO3. The largest absolute Gasteiger partial charge is 0.389 e. The maximum atomic E-state index is 9.85. The van der Waals surface area contributed by atoms with E-state index in [9.17, 15) is 5.11 Å². The van der Waals surface area contributed by atoms with Gasteiger partial charge in [-0.2, -0.15) is 0 Å². The molecule has 2 rings (SSSR count). The van der Waals surface area contributed by atoms with Crippen LogP contribution in [-0.2, 0) is 16.1 Å². The maximum Gasteiger partial charge on any atom is 0.0945 e. The third-order valence-corrected chi connectivity index (χ3v) is 3.21. The SMILES string of the molecule is COCc1ccccc1NCC(O)COCC1CC1. The first-order valence-electron chi connectivity index (χ1n) is 6.86. The van der Waals surface area contributed by atoms with Gasteiger partial charge in [0.2, 0.25) is 0 Å². The zero-order chi connectivity index (χ0) is 13.5. The van der Waals surface area contributed by atoms with Crippen LogP contribution in [0.2, 0.25) is 0 Å². The summed E-state index contributed by atoms with van der Waals surface area (Å²) in [5, 5.41) is 13.1. The van der Waals surface area contributed by atoms with Crippen LogP contribution < -0.4 is 5.32 Å². The summed E-state index contributed by atoms with van der Waals surface area (Å²) in [6.45, 7) is 2.25. The minimum Gasteiger partial charge on any atom is -0.389 e. The first-order valence-corrected chi connectivity index (χ1v) is 6.86. The van der Waals surface area contributed by atoms with Crippen molar-refractivity contribution in [2.24, 2.45) is 5.92 Å². The van der Waals surface area contributed by atoms with Crippen molar-refractivity contribution in [3.05, 3.63) is 29.8 Å². The summed E-state index contributed by atoms with van der Waals surface area (Å²) in [4.78, 5) is 0. The molecule has 0 radical (unpaired) electrons. The molecule has 4 nitrogen and oxygen atoms in total. The molecule has 0 heterocycles. The van der Waals surface area contributed by atoms with Gasteiger partial charge in [-0.1, -0.05) is 18.2 Å². The van der Waals surface area contributed by atoms with Crippen molar-refractivity contribution in [1.29, 1.82) is 0 Å². The first kappa shape index (κ1) is 14.3. The van der Waals surface area contributed by atoms with Crippen LogP contribution in [0.3, 0.4) is 0 Å². The normalized spacial score (nSPS) is 16.3. The molecule has 19 heavy (non-hydrogen) atoms. The van der Waals surface area contributed by atoms with Crippen molar-refractivity contribution in [1.82, 2.24) is 0 Å². The Morgan fingerprint density at radius 1 is 1.37 bits per heavy atom. The van der Waals surface area contributed by atoms with E-state index in [2.05, 4.69) is 5.32 Å². The Labute approximate surface area is 114 Å². The number of methoxy groups -OCH3 is 1. The topological polar surface area (TPSA) is 50.7 Å². The van der Waals surface area contributed by atoms with Crippen molar-refractivity contribution in [3.63, 3.8) is 0 Å². The highest BCUT2D eigenvalue weighted by Gasteiger charge is 2.21. The van der Waals surface area contributed by atoms with Gasteiger partial charge in [0.15, 0.2) is 0 Å². The summed E-state index contributed by atoms with van der Waals surface area (Å²) in [5.74, 6) is 0.739. The van der Waals surface area contributed by atoms with Gasteiger partial charge in [-0.15, -0.1) is 0 Å². The lowest BCUT2D eigenvalue weighted by atomic mass is 10.2. The van der Waals surface area contributed by atoms with Gasteiger partial charge in [0.25, 0.3) is 0 Å². The number of hydrogen-bond acceptors (Lipinski definition) is 4. The first-order chi connectivity index (χ1) is 9.29. The van der Waals surface area contributed by atoms with Crippen LogP contribution >= 0.6 is 0 Å². The number of para-hydroxylation sites is 1. The average Bonchev–Trinajstić information content (AvgIpc) is 3.22. The van der Waals surface area contributed by atoms with Crippen LogP contribution in [0, 0.1) is 5.92 Å². The Hall–Kier alpha value is -1.10. The van der Waals surface area contributed by atoms with Gasteiger partial charge in [0, 0.05) is 31.5 Å². The van der Waals surface area contributed by atoms with Gasteiger partial charge < -0.3 is 19.9 Å². The molecule has 0 bridgehead atoms. The van der Waals surface area contributed by atoms with E-state index in [1.807, 2.05) is 24.3 Å². The summed E-state index contributed by atoms with van der Waals surface area (Å²) in [6, 6.07) is 7.96. The van der Waals surface area contributed by atoms with Gasteiger partial charge in [0.1, 0.15) is 0 Å². The predicted octanol–water partition coefficient (Wildman–Crippen LogP) is 2.03. The van der Waals surface area contributed by atoms with E-state index in [-0.39, 0.29) is 0 Å². The lowest BCUT2D eigenvalue weighted by molar-refractivity contribution is 0.0386. The smallest absolute Gasteiger partial charge is 0.0945 e. The van der Waals surface area contributed by atoms with Gasteiger partial charge >= 0.3 is 0 Å². The molecule has 0 aromatic heterocycles. The fourth-order valence-corrected chi connectivity index (χ4v) is 1.92. The molecule has 1 aromatic carbocycles. The van der Waals surface area contributed by atoms with E-state index < -0.39 is 6.10 Å². The van der Waals surface area contributed by atoms with Crippen LogP contribution in [-0.4, -0.2) is 38.1 Å². The molecule has 2 N–H and O–H groups in total. The number of anilines is 1. The molecule has 1 saturated carbocycles. The van der Waals surface area contributed by atoms with Gasteiger partial charge in [-0.3, -0.25) is 0 Å². The highest BCUT2D eigenvalue weighted by atomic mass is 16.5. The third kappa shape index (κ3) is 5.19. The second kappa shape index (κ2) is 7.48. The summed E-state index contributed by atoms with van der Waals surface area (Å²) in [6.07, 6.45) is 2.08. The molecule has 1 unspecified atom stereocenters. The molecular weight excluding hydrogens is 242 g/mol. The van der Waals surface area contributed by atoms with E-state index in [0.717, 1.165) is 23.8 Å². The highest BCUT2D eigenvalue weighted by Crippen LogP contribution is 2.28. The molecule has 4 heteroatoms. The summed E-state index contributed by atoms with van der Waals surface area (Å²) in [5.41, 5.74) is 2.10. The van der Waals surface area contributed by atoms with Crippen molar-refractivity contribution in [3.8, 4) is 0 Å². The Kier molecular flexibility index (Phi) is 5.63. The summed E-state index contributed by atoms with van der Waals surface area (Å²) in [7, 11) is 1.68. The number of rotatable bonds is 9. The molecule has 0 aliphatic heterocycles. The molecule has 1 aromatic rings. The van der Waals surface area contributed by atoms with E-state index in [0.29, 0.717) is 19.8 Å². The van der Waals surface area contributed by atoms with Crippen LogP contribution in [0.15, 0.2) is 24.3 Å². The number of benzene rings is 1. The van der Waals surface area contributed by atoms with E-state index in [4.69, 9.17) is 9.47 Å². The molecule has 106 valence electrons. The van der Waals surface area contributed by atoms with Crippen molar-refractivity contribution in [2.45, 2.75) is 25.6 Å². The number of aliphatic hydroxyl groups is 1. The Balaban J connectivity index is 1.70. The molecule has 1 aliphatic rings. The minimum absolute atomic E-state index is 0.399. The molecule has 1 fully saturated rings. The van der Waals surface area contributed by atoms with E-state index in [1.165, 1.54) is 12.8 Å². The third-order valence-electron chi connectivity index (χ3n) is 3.21. The maximum absolute atomic E-state index is 9.85. The Bertz CT molecular complexity index is 379. The fraction of sp³-hybridized carbons (Fsp3) is 0.600. The lowest BCUT2D eigenvalue weighted by Gasteiger charge is -2.15. The Morgan fingerprint density at radius 3 is 2.89 bits per heavy atom. The van der Waals surface area contributed by atoms with Crippen molar-refractivity contribution < 1.29 is 14.6 Å². The van der Waals surface area contributed by atoms with Crippen molar-refractivity contribution in [2.75, 3.05) is 32.2 Å². The fourth-order valence-electron chi connectivity index (χ4n) is 1.92. The van der Waals surface area contributed by atoms with Gasteiger partial charge in [-0.25, -0.2) is 0 Å². The second-order valence-electron chi connectivity index (χ2n) is 5.11. The number of ether oxygens (including phenoxy) is 2. The number of hydrogen-bond donors (Lipinski definition) is 2. The predicted molar refractivity (Wildman–Crippen MR) is 75.2 cm³/mol. The number of aliphatic hydroxyl groups excluding tert-OH is 1. The van der Waals surface area contributed by atoms with Crippen LogP contribution in [0.25, 0.3) is 0 Å². The van der Waals surface area contributed by atoms with Gasteiger partial charge in [0.05, 0.1) is 19.3 Å². The average molecular weight is 265 g/mol. The zero-order valence-electron chi connectivity index (χ0n) is 11.5. The quantitative estimate of drug-likeness (QED) is 0.717. The molecule has 1 aliphatic carbocycles. The summed E-state index contributed by atoms with van der Waals surface area (Å²) >= 11 is 0. The van der Waals surface area contributed by atoms with Gasteiger partial charge in [-0.05, 0) is 24.8 Å². The zero-order valence-corrected chi connectivity index (χ0v) is 11.5. The summed E-state index contributed by atoms with van der Waals surface area (Å²) < 4.78 is 10.6. The molecule has 0 saturated heterocycles. The number of nitrogens with one attached hydrogen (secondary N) is 1. The second-order valence-corrected chi connectivity index (χ2v) is 5.11. The van der Waals surface area contributed by atoms with E-state index in [1.54, 1.807) is 7.11 Å².